The van der Waals surface area contributed by atoms with Crippen molar-refractivity contribution in [2.45, 2.75) is 71.3 Å². The first-order valence-electron chi connectivity index (χ1n) is 6.87. The molecule has 0 saturated carbocycles. The second kappa shape index (κ2) is 6.71. The van der Waals surface area contributed by atoms with Crippen molar-refractivity contribution < 1.29 is 18.8 Å². The van der Waals surface area contributed by atoms with Crippen LogP contribution in [0.1, 0.15) is 41.5 Å². The monoisotopic (exact) mass is 303 g/mol. The summed E-state index contributed by atoms with van der Waals surface area (Å²) in [7, 11) is -1.93. The van der Waals surface area contributed by atoms with Gasteiger partial charge in [0.2, 0.25) is 0 Å². The van der Waals surface area contributed by atoms with Gasteiger partial charge >= 0.3 is 6.09 Å². The smallest absolute Gasteiger partial charge is 0.408 e. The van der Waals surface area contributed by atoms with Gasteiger partial charge in [0.05, 0.1) is 0 Å². The van der Waals surface area contributed by atoms with Crippen molar-refractivity contribution in [3.05, 3.63) is 0 Å². The maximum absolute atomic E-state index is 11.6. The highest BCUT2D eigenvalue weighted by Gasteiger charge is 2.26. The van der Waals surface area contributed by atoms with Crippen LogP contribution in [0.15, 0.2) is 0 Å². The highest BCUT2D eigenvalue weighted by Crippen LogP contribution is 2.36. The zero-order valence-electron chi connectivity index (χ0n) is 14.0. The van der Waals surface area contributed by atoms with E-state index in [9.17, 15) is 9.59 Å². The van der Waals surface area contributed by atoms with Crippen LogP contribution in [-0.4, -0.2) is 38.9 Å². The van der Waals surface area contributed by atoms with E-state index in [0.717, 1.165) is 0 Å². The second-order valence-electron chi connectivity index (χ2n) is 7.46. The summed E-state index contributed by atoms with van der Waals surface area (Å²) >= 11 is 0. The van der Waals surface area contributed by atoms with E-state index < -0.39 is 26.1 Å². The van der Waals surface area contributed by atoms with Crippen LogP contribution in [0.5, 0.6) is 0 Å². The molecule has 0 rings (SSSR count). The number of carbonyl (C=O) groups is 2. The third-order valence-corrected chi connectivity index (χ3v) is 7.80. The maximum Gasteiger partial charge on any atom is 0.408 e. The Hall–Kier alpha value is -0.883. The molecule has 0 heterocycles. The molecule has 0 aromatic heterocycles. The average Bonchev–Trinajstić information content (AvgIpc) is 2.19. The number of hydrogen-bond acceptors (Lipinski definition) is 4. The summed E-state index contributed by atoms with van der Waals surface area (Å²) in [5, 5.41) is 2.58. The number of amides is 1. The predicted molar refractivity (Wildman–Crippen MR) is 82.4 cm³/mol. The van der Waals surface area contributed by atoms with Crippen molar-refractivity contribution in [2.24, 2.45) is 0 Å². The van der Waals surface area contributed by atoms with E-state index in [0.29, 0.717) is 6.29 Å². The molecular weight excluding hydrogens is 274 g/mol. The molecule has 5 nitrogen and oxygen atoms in total. The summed E-state index contributed by atoms with van der Waals surface area (Å²) in [4.78, 5) is 22.7. The number of rotatable bonds is 5. The Morgan fingerprint density at radius 3 is 2.05 bits per heavy atom. The molecule has 1 atom stereocenters. The zero-order valence-corrected chi connectivity index (χ0v) is 15.0. The van der Waals surface area contributed by atoms with Gasteiger partial charge in [0.15, 0.2) is 0 Å². The van der Waals surface area contributed by atoms with Crippen molar-refractivity contribution in [3.63, 3.8) is 0 Å². The lowest BCUT2D eigenvalue weighted by Gasteiger charge is -2.48. The van der Waals surface area contributed by atoms with E-state index in [-0.39, 0.29) is 11.6 Å². The Balaban J connectivity index is 4.45. The first kappa shape index (κ1) is 19.1. The fourth-order valence-electron chi connectivity index (χ4n) is 1.09. The van der Waals surface area contributed by atoms with E-state index in [1.54, 1.807) is 20.8 Å². The van der Waals surface area contributed by atoms with Crippen LogP contribution in [0.2, 0.25) is 18.1 Å². The molecule has 1 N–H and O–H groups in total. The molecule has 0 aliphatic heterocycles. The minimum atomic E-state index is -1.93. The largest absolute Gasteiger partial charge is 0.563 e. The molecule has 0 bridgehead atoms. The molecule has 0 aliphatic rings. The molecule has 119 valence electrons. The fourth-order valence-corrected chi connectivity index (χ4v) is 2.12. The van der Waals surface area contributed by atoms with Crippen molar-refractivity contribution >= 4 is 20.7 Å². The van der Waals surface area contributed by atoms with Crippen LogP contribution < -0.4 is 5.32 Å². The van der Waals surface area contributed by atoms with Crippen LogP contribution >= 0.6 is 0 Å². The van der Waals surface area contributed by atoms with Gasteiger partial charge in [-0.15, -0.1) is 18.1 Å². The molecule has 0 radical (unpaired) electrons. The van der Waals surface area contributed by atoms with Gasteiger partial charge in [-0.3, -0.25) is 0 Å². The Kier molecular flexibility index (Phi) is 6.42. The van der Waals surface area contributed by atoms with Crippen LogP contribution in [0, 0.1) is 0 Å². The number of nitrogens with one attached hydrogen (secondary N) is 1. The molecule has 1 amide bonds. The van der Waals surface area contributed by atoms with E-state index in [4.69, 9.17) is 9.16 Å². The molecule has 0 saturated heterocycles. The first-order chi connectivity index (χ1) is 8.78. The van der Waals surface area contributed by atoms with Gasteiger partial charge in [-0.1, -0.05) is 20.8 Å². The van der Waals surface area contributed by atoms with Crippen molar-refractivity contribution in [2.75, 3.05) is 6.61 Å². The lowest BCUT2D eigenvalue weighted by atomic mass is 10.2. The highest BCUT2D eigenvalue weighted by molar-refractivity contribution is 6.74. The fraction of sp³-hybridized carbons (Fsp3) is 0.857. The maximum atomic E-state index is 11.6. The third-order valence-electron chi connectivity index (χ3n) is 3.30. The predicted octanol–water partition coefficient (Wildman–Crippen LogP) is 3.10. The lowest BCUT2D eigenvalue weighted by Crippen LogP contribution is -2.47. The van der Waals surface area contributed by atoms with E-state index >= 15 is 0 Å². The Morgan fingerprint density at radius 2 is 1.70 bits per heavy atom. The van der Waals surface area contributed by atoms with E-state index in [1.165, 1.54) is 0 Å². The minimum absolute atomic E-state index is 0.0619. The average molecular weight is 303 g/mol. The van der Waals surface area contributed by atoms with Gasteiger partial charge in [0.25, 0.3) is 0 Å². The number of aldehydes is 1. The zero-order chi connectivity index (χ0) is 16.2. The number of carbonyl (C=O) groups excluding carboxylic acids is 2. The number of alkyl carbamates (subject to hydrolysis) is 1. The van der Waals surface area contributed by atoms with Gasteiger partial charge in [0.1, 0.15) is 17.9 Å². The molecule has 0 aromatic rings. The van der Waals surface area contributed by atoms with Crippen LogP contribution in [0.4, 0.5) is 4.79 Å². The highest BCUT2D eigenvalue weighted by atomic mass is 28.4. The lowest BCUT2D eigenvalue weighted by molar-refractivity contribution is -0.110. The van der Waals surface area contributed by atoms with Gasteiger partial charge in [0, 0.05) is 6.61 Å². The molecule has 0 spiro atoms. The molecule has 0 aromatic carbocycles. The molecule has 6 heteroatoms. The summed E-state index contributed by atoms with van der Waals surface area (Å²) in [5.41, 5.74) is -0.586. The van der Waals surface area contributed by atoms with Crippen LogP contribution in [0.25, 0.3) is 0 Å². The molecule has 20 heavy (non-hydrogen) atoms. The normalized spacial score (nSPS) is 14.6. The summed E-state index contributed by atoms with van der Waals surface area (Å²) in [5.74, 6) is 0. The Labute approximate surface area is 123 Å². The van der Waals surface area contributed by atoms with E-state index in [1.807, 2.05) is 0 Å². The SMILES string of the molecule is CC(C)(C)OC(=O)NC(C=O)CO[Si-](C)(C)C(C)(C)C. The van der Waals surface area contributed by atoms with Crippen molar-refractivity contribution in [3.8, 4) is 0 Å². The van der Waals surface area contributed by atoms with Gasteiger partial charge in [-0.05, 0) is 29.1 Å². The molecular formula is C14H29NO4Si-. The van der Waals surface area contributed by atoms with Gasteiger partial charge in [-0.2, -0.15) is 0 Å². The van der Waals surface area contributed by atoms with Crippen LogP contribution in [-0.2, 0) is 14.0 Å². The molecule has 0 aliphatic carbocycles. The summed E-state index contributed by atoms with van der Waals surface area (Å²) < 4.78 is 11.0. The third kappa shape index (κ3) is 7.05. The number of hydrogen-bond donors (Lipinski definition) is 1. The Bertz CT molecular complexity index is 342. The van der Waals surface area contributed by atoms with Crippen molar-refractivity contribution in [1.82, 2.24) is 5.32 Å². The second-order valence-corrected chi connectivity index (χ2v) is 12.3. The Morgan fingerprint density at radius 1 is 1.20 bits per heavy atom. The molecule has 1 unspecified atom stereocenters. The van der Waals surface area contributed by atoms with Gasteiger partial charge in [-0.25, -0.2) is 4.79 Å². The first-order valence-corrected chi connectivity index (χ1v) is 9.78. The summed E-state index contributed by atoms with van der Waals surface area (Å²) in [6.45, 7) is 16.1. The standard InChI is InChI=1S/C14H29NO4Si/c1-13(2,3)19-12(17)15-11(9-16)10-18-20(7,8)14(4,5)6/h9,11H,10H2,1-8H3,(H,15,17)/q-1. The topological polar surface area (TPSA) is 64.6 Å². The quantitative estimate of drug-likeness (QED) is 0.626. The van der Waals surface area contributed by atoms with Crippen LogP contribution in [0.3, 0.4) is 0 Å². The van der Waals surface area contributed by atoms with Crippen molar-refractivity contribution in [1.29, 1.82) is 0 Å². The summed E-state index contributed by atoms with van der Waals surface area (Å²) in [6.07, 6.45) is 0.0743. The number of ether oxygens (including phenoxy) is 1. The van der Waals surface area contributed by atoms with Gasteiger partial charge < -0.3 is 19.3 Å². The minimum Gasteiger partial charge on any atom is -0.563 e. The summed E-state index contributed by atoms with van der Waals surface area (Å²) in [6, 6.07) is -0.682. The van der Waals surface area contributed by atoms with E-state index in [2.05, 4.69) is 39.2 Å². The molecule has 0 fully saturated rings.